The van der Waals surface area contributed by atoms with E-state index in [1.165, 1.54) is 50.5 Å². The van der Waals surface area contributed by atoms with Crippen LogP contribution in [0.15, 0.2) is 24.3 Å². The molecule has 76 valence electrons. The van der Waals surface area contributed by atoms with Crippen LogP contribution in [-0.2, 0) is 0 Å². The van der Waals surface area contributed by atoms with Crippen LogP contribution in [0.3, 0.4) is 0 Å². The lowest BCUT2D eigenvalue weighted by Crippen LogP contribution is -1.78. The molecule has 0 saturated heterocycles. The van der Waals surface area contributed by atoms with Gasteiger partial charge in [0.2, 0.25) is 0 Å². The Hall–Kier alpha value is -0.520. The van der Waals surface area contributed by atoms with Gasteiger partial charge in [0.1, 0.15) is 0 Å². The summed E-state index contributed by atoms with van der Waals surface area (Å²) in [5, 5.41) is 0. The molecule has 0 spiro atoms. The van der Waals surface area contributed by atoms with Crippen molar-refractivity contribution in [2.75, 3.05) is 0 Å². The van der Waals surface area contributed by atoms with Crippen molar-refractivity contribution in [2.24, 2.45) is 0 Å². The van der Waals surface area contributed by atoms with Gasteiger partial charge in [0, 0.05) is 0 Å². The third-order valence-corrected chi connectivity index (χ3v) is 2.16. The number of hydrogen-bond acceptors (Lipinski definition) is 0. The Morgan fingerprint density at radius 3 is 2.00 bits per heavy atom. The van der Waals surface area contributed by atoms with Gasteiger partial charge in [-0.3, -0.25) is 0 Å². The van der Waals surface area contributed by atoms with E-state index in [1.807, 2.05) is 6.08 Å². The zero-order valence-corrected chi connectivity index (χ0v) is 9.31. The molecule has 0 unspecified atom stereocenters. The summed E-state index contributed by atoms with van der Waals surface area (Å²) in [5.41, 5.74) is 1.45. The lowest BCUT2D eigenvalue weighted by Gasteiger charge is -1.98. The number of hydrogen-bond donors (Lipinski definition) is 0. The van der Waals surface area contributed by atoms with Crippen molar-refractivity contribution in [1.82, 2.24) is 0 Å². The lowest BCUT2D eigenvalue weighted by atomic mass is 10.1. The van der Waals surface area contributed by atoms with Crippen LogP contribution in [0.4, 0.5) is 0 Å². The maximum Gasteiger partial charge on any atom is -0.0348 e. The molecule has 0 aromatic carbocycles. The average molecular weight is 180 g/mol. The molecule has 0 rings (SSSR count). The third kappa shape index (κ3) is 11.5. The van der Waals surface area contributed by atoms with Crippen molar-refractivity contribution in [3.8, 4) is 0 Å². The Bertz CT molecular complexity index is 138. The second kappa shape index (κ2) is 9.57. The number of unbranched alkanes of at least 4 members (excludes halogenated alkanes) is 6. The first-order valence-electron chi connectivity index (χ1n) is 5.51. The molecule has 0 aromatic heterocycles. The maximum atomic E-state index is 3.72. The van der Waals surface area contributed by atoms with Gasteiger partial charge in [-0.2, -0.15) is 0 Å². The predicted molar refractivity (Wildman–Crippen MR) is 61.9 cm³/mol. The smallest absolute Gasteiger partial charge is 0.0348 e. The van der Waals surface area contributed by atoms with Crippen LogP contribution in [0.1, 0.15) is 58.8 Å². The van der Waals surface area contributed by atoms with E-state index in [4.69, 9.17) is 0 Å². The van der Waals surface area contributed by atoms with Crippen LogP contribution in [0.2, 0.25) is 0 Å². The quantitative estimate of drug-likeness (QED) is 0.369. The van der Waals surface area contributed by atoms with Gasteiger partial charge in [-0.25, -0.2) is 0 Å². The molecule has 0 fully saturated rings. The Morgan fingerprint density at radius 2 is 1.46 bits per heavy atom. The summed E-state index contributed by atoms with van der Waals surface area (Å²) in [7, 11) is 0. The summed E-state index contributed by atoms with van der Waals surface area (Å²) >= 11 is 0. The van der Waals surface area contributed by atoms with Crippen molar-refractivity contribution in [1.29, 1.82) is 0 Å². The molecule has 0 aliphatic heterocycles. The van der Waals surface area contributed by atoms with Gasteiger partial charge < -0.3 is 0 Å². The number of rotatable bonds is 8. The van der Waals surface area contributed by atoms with Gasteiger partial charge in [0.25, 0.3) is 0 Å². The first-order chi connectivity index (χ1) is 6.27. The summed E-state index contributed by atoms with van der Waals surface area (Å²) in [6, 6.07) is 0. The van der Waals surface area contributed by atoms with E-state index in [2.05, 4.69) is 26.5 Å². The lowest BCUT2D eigenvalue weighted by molar-refractivity contribution is 0.621. The molecule has 0 atom stereocenters. The molecule has 0 radical (unpaired) electrons. The second-order valence-electron chi connectivity index (χ2n) is 3.92. The molecule has 13 heavy (non-hydrogen) atoms. The Balaban J connectivity index is 2.99. The monoisotopic (exact) mass is 180 g/mol. The van der Waals surface area contributed by atoms with Crippen LogP contribution < -0.4 is 0 Å². The summed E-state index contributed by atoms with van der Waals surface area (Å²) in [6.07, 6.45) is 13.7. The van der Waals surface area contributed by atoms with Crippen molar-refractivity contribution in [2.45, 2.75) is 58.8 Å². The highest BCUT2D eigenvalue weighted by molar-refractivity contribution is 4.92. The number of allylic oxidation sites excluding steroid dienone is 3. The highest BCUT2D eigenvalue weighted by Crippen LogP contribution is 2.08. The molecule has 0 nitrogen and oxygen atoms in total. The fourth-order valence-corrected chi connectivity index (χ4v) is 1.35. The summed E-state index contributed by atoms with van der Waals surface area (Å²) in [5.74, 6) is 0. The topological polar surface area (TPSA) is 0 Å². The van der Waals surface area contributed by atoms with E-state index >= 15 is 0 Å². The van der Waals surface area contributed by atoms with Gasteiger partial charge in [0.05, 0.1) is 0 Å². The Kier molecular flexibility index (Phi) is 9.18. The molecule has 0 saturated carbocycles. The summed E-state index contributed by atoms with van der Waals surface area (Å²) in [6.45, 7) is 8.06. The molecule has 0 N–H and O–H groups in total. The molecule has 0 aliphatic rings. The molecule has 0 heterocycles. The maximum absolute atomic E-state index is 3.72. The van der Waals surface area contributed by atoms with Crippen LogP contribution in [-0.4, -0.2) is 0 Å². The minimum atomic E-state index is 1.19. The van der Waals surface area contributed by atoms with Crippen molar-refractivity contribution in [3.63, 3.8) is 0 Å². The SMILES string of the molecule is C=CCCCCCCCC=C(C)C. The summed E-state index contributed by atoms with van der Waals surface area (Å²) in [4.78, 5) is 0. The summed E-state index contributed by atoms with van der Waals surface area (Å²) < 4.78 is 0. The van der Waals surface area contributed by atoms with Gasteiger partial charge in [-0.05, 0) is 39.5 Å². The second-order valence-corrected chi connectivity index (χ2v) is 3.92. The zero-order valence-electron chi connectivity index (χ0n) is 9.31. The van der Waals surface area contributed by atoms with Crippen LogP contribution in [0, 0.1) is 0 Å². The van der Waals surface area contributed by atoms with Crippen molar-refractivity contribution < 1.29 is 0 Å². The van der Waals surface area contributed by atoms with Crippen LogP contribution >= 0.6 is 0 Å². The molecule has 0 amide bonds. The minimum Gasteiger partial charge on any atom is -0.103 e. The van der Waals surface area contributed by atoms with Crippen LogP contribution in [0.25, 0.3) is 0 Å². The van der Waals surface area contributed by atoms with Gasteiger partial charge in [-0.1, -0.05) is 37.0 Å². The molecule has 0 aliphatic carbocycles. The predicted octanol–water partition coefficient (Wildman–Crippen LogP) is 4.87. The molecular formula is C13H24. The molecule has 0 aromatic rings. The van der Waals surface area contributed by atoms with Gasteiger partial charge >= 0.3 is 0 Å². The van der Waals surface area contributed by atoms with Gasteiger partial charge in [0.15, 0.2) is 0 Å². The van der Waals surface area contributed by atoms with Crippen molar-refractivity contribution >= 4 is 0 Å². The largest absolute Gasteiger partial charge is 0.103 e. The van der Waals surface area contributed by atoms with Gasteiger partial charge in [-0.15, -0.1) is 6.58 Å². The van der Waals surface area contributed by atoms with E-state index in [1.54, 1.807) is 0 Å². The van der Waals surface area contributed by atoms with Crippen molar-refractivity contribution in [3.05, 3.63) is 24.3 Å². The van der Waals surface area contributed by atoms with E-state index in [0.717, 1.165) is 0 Å². The Morgan fingerprint density at radius 1 is 0.923 bits per heavy atom. The third-order valence-electron chi connectivity index (χ3n) is 2.16. The minimum absolute atomic E-state index is 1.19. The van der Waals surface area contributed by atoms with E-state index in [0.29, 0.717) is 0 Å². The first kappa shape index (κ1) is 12.5. The standard InChI is InChI=1S/C13H24/c1-4-5-6-7-8-9-10-11-12-13(2)3/h4,12H,1,5-11H2,2-3H3. The fourth-order valence-electron chi connectivity index (χ4n) is 1.35. The highest BCUT2D eigenvalue weighted by atomic mass is 13.9. The zero-order chi connectivity index (χ0) is 9.94. The molecular weight excluding hydrogens is 156 g/mol. The molecule has 0 heteroatoms. The molecule has 0 bridgehead atoms. The normalized spacial score (nSPS) is 9.69. The average Bonchev–Trinajstić information content (AvgIpc) is 2.09. The van der Waals surface area contributed by atoms with Crippen LogP contribution in [0.5, 0.6) is 0 Å². The highest BCUT2D eigenvalue weighted by Gasteiger charge is 1.88. The van der Waals surface area contributed by atoms with E-state index < -0.39 is 0 Å². The first-order valence-corrected chi connectivity index (χ1v) is 5.51. The van der Waals surface area contributed by atoms with E-state index in [9.17, 15) is 0 Å². The fraction of sp³-hybridized carbons (Fsp3) is 0.692. The Labute approximate surface area is 83.7 Å². The van der Waals surface area contributed by atoms with E-state index in [-0.39, 0.29) is 0 Å².